The molecule has 0 spiro atoms. The third-order valence-corrected chi connectivity index (χ3v) is 3.25. The van der Waals surface area contributed by atoms with Gasteiger partial charge >= 0.3 is 0 Å². The van der Waals surface area contributed by atoms with Crippen molar-refractivity contribution in [3.8, 4) is 0 Å². The number of aliphatic hydroxyl groups is 1. The van der Waals surface area contributed by atoms with Gasteiger partial charge in [0.1, 0.15) is 0 Å². The summed E-state index contributed by atoms with van der Waals surface area (Å²) >= 11 is 4.91. The van der Waals surface area contributed by atoms with E-state index in [4.69, 9.17) is 0 Å². The molecule has 1 rings (SSSR count). The van der Waals surface area contributed by atoms with Gasteiger partial charge in [-0.05, 0) is 35.3 Å². The molecule has 1 unspecified atom stereocenters. The fourth-order valence-corrected chi connectivity index (χ4v) is 2.36. The molecule has 1 aromatic rings. The summed E-state index contributed by atoms with van der Waals surface area (Å²) in [5, 5.41) is 11.6. The number of hydrogen-bond acceptors (Lipinski definition) is 2. The van der Waals surface area contributed by atoms with Crippen LogP contribution in [-0.2, 0) is 0 Å². The second kappa shape index (κ2) is 4.21. The van der Waals surface area contributed by atoms with Crippen LogP contribution in [0.4, 0.5) is 0 Å². The predicted molar refractivity (Wildman–Crippen MR) is 56.4 cm³/mol. The van der Waals surface area contributed by atoms with Gasteiger partial charge in [-0.2, -0.15) is 0 Å². The van der Waals surface area contributed by atoms with Crippen LogP contribution in [0.25, 0.3) is 0 Å². The molecular formula is C9H11BrOS. The predicted octanol–water partition coefficient (Wildman–Crippen LogP) is 3.51. The van der Waals surface area contributed by atoms with Crippen molar-refractivity contribution >= 4 is 27.3 Å². The van der Waals surface area contributed by atoms with Crippen molar-refractivity contribution in [3.05, 3.63) is 32.9 Å². The summed E-state index contributed by atoms with van der Waals surface area (Å²) in [6.07, 6.45) is 0.256. The second-order valence-electron chi connectivity index (χ2n) is 2.84. The highest BCUT2D eigenvalue weighted by molar-refractivity contribution is 9.10. The fraction of sp³-hybridized carbons (Fsp3) is 0.333. The monoisotopic (exact) mass is 246 g/mol. The minimum absolute atomic E-state index is 0.390. The average Bonchev–Trinajstić information content (AvgIpc) is 2.34. The Morgan fingerprint density at radius 3 is 2.92 bits per heavy atom. The van der Waals surface area contributed by atoms with Crippen molar-refractivity contribution < 1.29 is 5.11 Å². The van der Waals surface area contributed by atoms with Crippen LogP contribution in [0.15, 0.2) is 28.1 Å². The van der Waals surface area contributed by atoms with Gasteiger partial charge < -0.3 is 5.11 Å². The summed E-state index contributed by atoms with van der Waals surface area (Å²) in [5.74, 6) is 0. The lowest BCUT2D eigenvalue weighted by atomic mass is 10.1. The van der Waals surface area contributed by atoms with E-state index in [1.54, 1.807) is 11.3 Å². The first-order valence-corrected chi connectivity index (χ1v) is 5.33. The van der Waals surface area contributed by atoms with E-state index in [0.29, 0.717) is 6.42 Å². The standard InChI is InChI=1S/C9H11BrOS/c1-6(2)3-8(11)9-4-7(10)5-12-9/h4-5,8,11H,1,3H2,2H3. The van der Waals surface area contributed by atoms with E-state index in [0.717, 1.165) is 14.9 Å². The molecule has 3 heteroatoms. The molecule has 0 fully saturated rings. The zero-order valence-corrected chi connectivity index (χ0v) is 9.28. The number of rotatable bonds is 3. The normalized spacial score (nSPS) is 12.9. The summed E-state index contributed by atoms with van der Waals surface area (Å²) in [4.78, 5) is 0.991. The van der Waals surface area contributed by atoms with Gasteiger partial charge in [0.25, 0.3) is 0 Å². The van der Waals surface area contributed by atoms with Crippen molar-refractivity contribution in [3.63, 3.8) is 0 Å². The van der Waals surface area contributed by atoms with Gasteiger partial charge in [-0.25, -0.2) is 0 Å². The van der Waals surface area contributed by atoms with Gasteiger partial charge in [0, 0.05) is 14.7 Å². The van der Waals surface area contributed by atoms with Crippen LogP contribution in [0.1, 0.15) is 24.3 Å². The first-order chi connectivity index (χ1) is 5.59. The lowest BCUT2D eigenvalue weighted by Crippen LogP contribution is -1.93. The highest BCUT2D eigenvalue weighted by Gasteiger charge is 2.09. The summed E-state index contributed by atoms with van der Waals surface area (Å²) < 4.78 is 1.03. The Bertz CT molecular complexity index is 280. The van der Waals surface area contributed by atoms with E-state index in [1.165, 1.54) is 0 Å². The van der Waals surface area contributed by atoms with E-state index >= 15 is 0 Å². The van der Waals surface area contributed by atoms with Gasteiger partial charge in [0.2, 0.25) is 0 Å². The quantitative estimate of drug-likeness (QED) is 0.810. The number of thiophene rings is 1. The Morgan fingerprint density at radius 1 is 1.83 bits per heavy atom. The van der Waals surface area contributed by atoms with Gasteiger partial charge in [-0.1, -0.05) is 5.57 Å². The summed E-state index contributed by atoms with van der Waals surface area (Å²) in [7, 11) is 0. The van der Waals surface area contributed by atoms with Gasteiger partial charge in [-0.15, -0.1) is 17.9 Å². The molecule has 1 N–H and O–H groups in total. The third kappa shape index (κ3) is 2.73. The molecule has 1 nitrogen and oxygen atoms in total. The Labute approximate surface area is 84.9 Å². The number of halogens is 1. The number of aliphatic hydroxyl groups excluding tert-OH is 1. The van der Waals surface area contributed by atoms with Crippen molar-refractivity contribution in [2.75, 3.05) is 0 Å². The van der Waals surface area contributed by atoms with Crippen molar-refractivity contribution in [2.24, 2.45) is 0 Å². The summed E-state index contributed by atoms with van der Waals surface area (Å²) in [6.45, 7) is 5.68. The average molecular weight is 247 g/mol. The minimum atomic E-state index is -0.390. The lowest BCUT2D eigenvalue weighted by molar-refractivity contribution is 0.182. The largest absolute Gasteiger partial charge is 0.387 e. The molecule has 0 saturated heterocycles. The van der Waals surface area contributed by atoms with E-state index in [2.05, 4.69) is 22.5 Å². The third-order valence-electron chi connectivity index (χ3n) is 1.46. The Hall–Kier alpha value is -0.120. The molecule has 1 atom stereocenters. The fourth-order valence-electron chi connectivity index (χ4n) is 0.934. The van der Waals surface area contributed by atoms with E-state index < -0.39 is 6.10 Å². The topological polar surface area (TPSA) is 20.2 Å². The van der Waals surface area contributed by atoms with Crippen LogP contribution in [0.2, 0.25) is 0 Å². The highest BCUT2D eigenvalue weighted by Crippen LogP contribution is 2.28. The molecule has 1 heterocycles. The van der Waals surface area contributed by atoms with Crippen LogP contribution >= 0.6 is 27.3 Å². The van der Waals surface area contributed by atoms with Crippen LogP contribution in [0, 0.1) is 0 Å². The molecule has 0 amide bonds. The van der Waals surface area contributed by atoms with Crippen LogP contribution in [-0.4, -0.2) is 5.11 Å². The smallest absolute Gasteiger partial charge is 0.0919 e. The Balaban J connectivity index is 2.64. The molecule has 0 aliphatic heterocycles. The molecule has 0 aliphatic rings. The molecule has 12 heavy (non-hydrogen) atoms. The minimum Gasteiger partial charge on any atom is -0.387 e. The maximum absolute atomic E-state index is 9.63. The highest BCUT2D eigenvalue weighted by atomic mass is 79.9. The van der Waals surface area contributed by atoms with Gasteiger partial charge in [-0.3, -0.25) is 0 Å². The molecule has 66 valence electrons. The van der Waals surface area contributed by atoms with E-state index in [1.807, 2.05) is 18.4 Å². The molecule has 0 aliphatic carbocycles. The Kier molecular flexibility index (Phi) is 3.50. The maximum atomic E-state index is 9.63. The zero-order valence-electron chi connectivity index (χ0n) is 6.88. The number of hydrogen-bond donors (Lipinski definition) is 1. The van der Waals surface area contributed by atoms with Gasteiger partial charge in [0.05, 0.1) is 6.10 Å². The lowest BCUT2D eigenvalue weighted by Gasteiger charge is -2.06. The molecule has 0 saturated carbocycles. The SMILES string of the molecule is C=C(C)CC(O)c1cc(Br)cs1. The van der Waals surface area contributed by atoms with Crippen LogP contribution in [0.5, 0.6) is 0 Å². The Morgan fingerprint density at radius 2 is 2.50 bits per heavy atom. The second-order valence-corrected chi connectivity index (χ2v) is 4.70. The maximum Gasteiger partial charge on any atom is 0.0919 e. The molecule has 0 radical (unpaired) electrons. The van der Waals surface area contributed by atoms with Crippen molar-refractivity contribution in [1.82, 2.24) is 0 Å². The van der Waals surface area contributed by atoms with Crippen molar-refractivity contribution in [2.45, 2.75) is 19.4 Å². The molecule has 0 aromatic carbocycles. The van der Waals surface area contributed by atoms with Gasteiger partial charge in [0.15, 0.2) is 0 Å². The molecular weight excluding hydrogens is 236 g/mol. The summed E-state index contributed by atoms with van der Waals surface area (Å²) in [6, 6.07) is 1.94. The van der Waals surface area contributed by atoms with E-state index in [-0.39, 0.29) is 0 Å². The molecule has 1 aromatic heterocycles. The van der Waals surface area contributed by atoms with E-state index in [9.17, 15) is 5.11 Å². The van der Waals surface area contributed by atoms with Crippen LogP contribution < -0.4 is 0 Å². The first kappa shape index (κ1) is 9.96. The molecule has 0 bridgehead atoms. The first-order valence-electron chi connectivity index (χ1n) is 3.66. The van der Waals surface area contributed by atoms with Crippen LogP contribution in [0.3, 0.4) is 0 Å². The zero-order chi connectivity index (χ0) is 9.14. The summed E-state index contributed by atoms with van der Waals surface area (Å²) in [5.41, 5.74) is 1.01. The van der Waals surface area contributed by atoms with Crippen molar-refractivity contribution in [1.29, 1.82) is 0 Å².